The Labute approximate surface area is 200 Å². The SMILES string of the molecule is CCCCCC1CCC(c2ccc(OCCCC3CCCCC3CCCCC)cc2)CC1. The van der Waals surface area contributed by atoms with Crippen LogP contribution in [0.25, 0.3) is 0 Å². The summed E-state index contributed by atoms with van der Waals surface area (Å²) in [7, 11) is 0. The van der Waals surface area contributed by atoms with E-state index in [4.69, 9.17) is 4.74 Å². The highest BCUT2D eigenvalue weighted by Gasteiger charge is 2.24. The number of hydrogen-bond acceptors (Lipinski definition) is 1. The van der Waals surface area contributed by atoms with Gasteiger partial charge in [-0.1, -0.05) is 103 Å². The Morgan fingerprint density at radius 1 is 0.656 bits per heavy atom. The smallest absolute Gasteiger partial charge is 0.119 e. The first-order chi connectivity index (χ1) is 15.8. The zero-order valence-corrected chi connectivity index (χ0v) is 21.5. The fraction of sp³-hybridized carbons (Fsp3) is 0.806. The maximum absolute atomic E-state index is 6.15. The van der Waals surface area contributed by atoms with E-state index in [-0.39, 0.29) is 0 Å². The zero-order valence-electron chi connectivity index (χ0n) is 21.5. The normalized spacial score (nSPS) is 26.2. The van der Waals surface area contributed by atoms with E-state index in [1.165, 1.54) is 116 Å². The lowest BCUT2D eigenvalue weighted by molar-refractivity contribution is 0.190. The topological polar surface area (TPSA) is 9.23 Å². The van der Waals surface area contributed by atoms with Crippen molar-refractivity contribution in [2.45, 2.75) is 135 Å². The molecule has 0 bridgehead atoms. The summed E-state index contributed by atoms with van der Waals surface area (Å²) in [5, 5.41) is 0. The summed E-state index contributed by atoms with van der Waals surface area (Å²) >= 11 is 0. The fourth-order valence-corrected chi connectivity index (χ4v) is 6.54. The monoisotopic (exact) mass is 440 g/mol. The third kappa shape index (κ3) is 8.75. The van der Waals surface area contributed by atoms with Gasteiger partial charge in [0.15, 0.2) is 0 Å². The highest BCUT2D eigenvalue weighted by atomic mass is 16.5. The Balaban J connectivity index is 1.33. The zero-order chi connectivity index (χ0) is 22.4. The van der Waals surface area contributed by atoms with Crippen LogP contribution in [0.1, 0.15) is 141 Å². The van der Waals surface area contributed by atoms with Crippen molar-refractivity contribution in [2.75, 3.05) is 6.61 Å². The Hall–Kier alpha value is -0.980. The molecule has 0 aromatic heterocycles. The molecule has 3 rings (SSSR count). The standard InChI is InChI=1S/C31H52O/c1-3-5-7-12-26-17-19-29(20-18-26)30-21-23-31(24-22-30)32-25-11-16-28-15-10-9-14-27(28)13-8-6-4-2/h21-24,26-29H,3-20,25H2,1-2H3. The van der Waals surface area contributed by atoms with E-state index in [0.717, 1.165) is 36.0 Å². The van der Waals surface area contributed by atoms with Crippen LogP contribution in [0.15, 0.2) is 24.3 Å². The van der Waals surface area contributed by atoms with E-state index >= 15 is 0 Å². The van der Waals surface area contributed by atoms with E-state index in [1.54, 1.807) is 5.56 Å². The molecule has 0 heterocycles. The van der Waals surface area contributed by atoms with Gasteiger partial charge in [-0.15, -0.1) is 0 Å². The largest absolute Gasteiger partial charge is 0.494 e. The van der Waals surface area contributed by atoms with Crippen LogP contribution >= 0.6 is 0 Å². The van der Waals surface area contributed by atoms with Crippen molar-refractivity contribution in [3.05, 3.63) is 29.8 Å². The third-order valence-electron chi connectivity index (χ3n) is 8.65. The molecule has 2 saturated carbocycles. The number of hydrogen-bond donors (Lipinski definition) is 0. The van der Waals surface area contributed by atoms with Gasteiger partial charge < -0.3 is 4.74 Å². The molecule has 0 aliphatic heterocycles. The van der Waals surface area contributed by atoms with Gasteiger partial charge >= 0.3 is 0 Å². The third-order valence-corrected chi connectivity index (χ3v) is 8.65. The van der Waals surface area contributed by atoms with Crippen LogP contribution in [-0.4, -0.2) is 6.61 Å². The van der Waals surface area contributed by atoms with Gasteiger partial charge in [0.2, 0.25) is 0 Å². The number of benzene rings is 1. The summed E-state index contributed by atoms with van der Waals surface area (Å²) in [5.74, 6) is 4.81. The Kier molecular flexibility index (Phi) is 12.0. The Bertz CT molecular complexity index is 583. The quantitative estimate of drug-likeness (QED) is 0.261. The van der Waals surface area contributed by atoms with Gasteiger partial charge in [0, 0.05) is 0 Å². The molecule has 32 heavy (non-hydrogen) atoms. The van der Waals surface area contributed by atoms with Crippen molar-refractivity contribution >= 4 is 0 Å². The molecular formula is C31H52O. The summed E-state index contributed by atoms with van der Waals surface area (Å²) in [4.78, 5) is 0. The van der Waals surface area contributed by atoms with Gasteiger partial charge in [-0.05, 0) is 79.9 Å². The van der Waals surface area contributed by atoms with Crippen LogP contribution < -0.4 is 4.74 Å². The van der Waals surface area contributed by atoms with Gasteiger partial charge in [0.1, 0.15) is 5.75 Å². The van der Waals surface area contributed by atoms with Crippen LogP contribution in [0.5, 0.6) is 5.75 Å². The molecule has 2 unspecified atom stereocenters. The Morgan fingerprint density at radius 3 is 1.88 bits per heavy atom. The number of unbranched alkanes of at least 4 members (excludes halogenated alkanes) is 4. The lowest BCUT2D eigenvalue weighted by atomic mass is 9.74. The van der Waals surface area contributed by atoms with Crippen molar-refractivity contribution in [3.8, 4) is 5.75 Å². The highest BCUT2D eigenvalue weighted by Crippen LogP contribution is 2.38. The van der Waals surface area contributed by atoms with Crippen LogP contribution in [0.3, 0.4) is 0 Å². The molecule has 2 aliphatic rings. The minimum absolute atomic E-state index is 0.780. The van der Waals surface area contributed by atoms with E-state index in [1.807, 2.05) is 0 Å². The van der Waals surface area contributed by atoms with Gasteiger partial charge in [-0.3, -0.25) is 0 Å². The summed E-state index contributed by atoms with van der Waals surface area (Å²) < 4.78 is 6.15. The average Bonchev–Trinajstić information content (AvgIpc) is 2.84. The van der Waals surface area contributed by atoms with Crippen LogP contribution in [0, 0.1) is 17.8 Å². The van der Waals surface area contributed by atoms with Gasteiger partial charge in [-0.25, -0.2) is 0 Å². The van der Waals surface area contributed by atoms with E-state index in [2.05, 4.69) is 38.1 Å². The first-order valence-electron chi connectivity index (χ1n) is 14.5. The molecule has 0 N–H and O–H groups in total. The lowest BCUT2D eigenvalue weighted by Gasteiger charge is -2.31. The molecule has 1 nitrogen and oxygen atoms in total. The van der Waals surface area contributed by atoms with Gasteiger partial charge in [0.05, 0.1) is 6.61 Å². The van der Waals surface area contributed by atoms with Gasteiger partial charge in [-0.2, -0.15) is 0 Å². The van der Waals surface area contributed by atoms with E-state index < -0.39 is 0 Å². The van der Waals surface area contributed by atoms with Crippen molar-refractivity contribution < 1.29 is 4.74 Å². The molecular weight excluding hydrogens is 388 g/mol. The molecule has 0 radical (unpaired) electrons. The molecule has 1 aromatic rings. The summed E-state index contributed by atoms with van der Waals surface area (Å²) in [6.07, 6.45) is 25.5. The van der Waals surface area contributed by atoms with Crippen molar-refractivity contribution in [3.63, 3.8) is 0 Å². The molecule has 2 atom stereocenters. The van der Waals surface area contributed by atoms with Gasteiger partial charge in [0.25, 0.3) is 0 Å². The summed E-state index contributed by atoms with van der Waals surface area (Å²) in [6.45, 7) is 5.52. The lowest BCUT2D eigenvalue weighted by Crippen LogP contribution is -2.20. The average molecular weight is 441 g/mol. The highest BCUT2D eigenvalue weighted by molar-refractivity contribution is 5.29. The molecule has 1 heteroatoms. The molecule has 2 fully saturated rings. The van der Waals surface area contributed by atoms with Crippen LogP contribution in [0.4, 0.5) is 0 Å². The second-order valence-corrected chi connectivity index (χ2v) is 11.1. The minimum atomic E-state index is 0.780. The molecule has 182 valence electrons. The summed E-state index contributed by atoms with van der Waals surface area (Å²) in [5.41, 5.74) is 1.54. The van der Waals surface area contributed by atoms with E-state index in [9.17, 15) is 0 Å². The van der Waals surface area contributed by atoms with Crippen molar-refractivity contribution in [1.29, 1.82) is 0 Å². The minimum Gasteiger partial charge on any atom is -0.494 e. The Morgan fingerprint density at radius 2 is 1.25 bits per heavy atom. The maximum Gasteiger partial charge on any atom is 0.119 e. The predicted molar refractivity (Wildman–Crippen MR) is 140 cm³/mol. The molecule has 1 aromatic carbocycles. The maximum atomic E-state index is 6.15. The second-order valence-electron chi connectivity index (χ2n) is 11.1. The van der Waals surface area contributed by atoms with Crippen LogP contribution in [0.2, 0.25) is 0 Å². The van der Waals surface area contributed by atoms with E-state index in [0.29, 0.717) is 0 Å². The first-order valence-corrected chi connectivity index (χ1v) is 14.5. The first kappa shape index (κ1) is 25.6. The fourth-order valence-electron chi connectivity index (χ4n) is 6.54. The molecule has 0 saturated heterocycles. The predicted octanol–water partition coefficient (Wildman–Crippen LogP) is 10.1. The van der Waals surface area contributed by atoms with Crippen molar-refractivity contribution in [2.24, 2.45) is 17.8 Å². The van der Waals surface area contributed by atoms with Crippen LogP contribution in [-0.2, 0) is 0 Å². The number of rotatable bonds is 14. The number of ether oxygens (including phenoxy) is 1. The van der Waals surface area contributed by atoms with Crippen molar-refractivity contribution in [1.82, 2.24) is 0 Å². The molecule has 2 aliphatic carbocycles. The molecule has 0 amide bonds. The summed E-state index contributed by atoms with van der Waals surface area (Å²) in [6, 6.07) is 9.16. The second kappa shape index (κ2) is 15.0. The molecule has 0 spiro atoms.